The Morgan fingerprint density at radius 2 is 2.19 bits per heavy atom. The molecule has 9 heteroatoms. The number of hydrogen-bond acceptors (Lipinski definition) is 7. The van der Waals surface area contributed by atoms with Crippen molar-refractivity contribution in [3.05, 3.63) is 18.2 Å². The summed E-state index contributed by atoms with van der Waals surface area (Å²) in [5.41, 5.74) is 0.520. The number of benzene rings is 1. The molecule has 1 atom stereocenters. The number of ether oxygens (including phenoxy) is 2. The van der Waals surface area contributed by atoms with Crippen LogP contribution in [-0.4, -0.2) is 58.4 Å². The van der Waals surface area contributed by atoms with Crippen molar-refractivity contribution in [2.24, 2.45) is 0 Å². The van der Waals surface area contributed by atoms with Gasteiger partial charge in [0.15, 0.2) is 15.6 Å². The van der Waals surface area contributed by atoms with Gasteiger partial charge in [0.05, 0.1) is 29.0 Å². The highest BCUT2D eigenvalue weighted by Crippen LogP contribution is 2.34. The minimum atomic E-state index is -3.41. The molecule has 1 aromatic carbocycles. The molecule has 26 heavy (non-hydrogen) atoms. The Labute approximate surface area is 152 Å². The van der Waals surface area contributed by atoms with Crippen molar-refractivity contribution >= 4 is 27.4 Å². The third-order valence-corrected chi connectivity index (χ3v) is 6.17. The predicted molar refractivity (Wildman–Crippen MR) is 94.0 cm³/mol. The summed E-state index contributed by atoms with van der Waals surface area (Å²) in [5, 5.41) is 2.81. The molecule has 0 aromatic heterocycles. The third kappa shape index (κ3) is 4.16. The molecule has 1 fully saturated rings. The van der Waals surface area contributed by atoms with Gasteiger partial charge in [-0.3, -0.25) is 4.79 Å². The lowest BCUT2D eigenvalue weighted by Gasteiger charge is -2.29. The van der Waals surface area contributed by atoms with Crippen LogP contribution in [-0.2, 0) is 24.2 Å². The first-order chi connectivity index (χ1) is 12.4. The molecule has 1 amide bonds. The van der Waals surface area contributed by atoms with Gasteiger partial charge in [-0.2, -0.15) is 0 Å². The molecule has 142 valence electrons. The lowest BCUT2D eigenvalue weighted by molar-refractivity contribution is -0.133. The molecular weight excluding hydrogens is 360 g/mol. The number of carbonyl (C=O) groups is 2. The number of carbonyl (C=O) groups excluding carboxylic acids is 2. The van der Waals surface area contributed by atoms with E-state index >= 15 is 0 Å². The van der Waals surface area contributed by atoms with Gasteiger partial charge in [-0.05, 0) is 25.0 Å². The lowest BCUT2D eigenvalue weighted by Crippen LogP contribution is -2.44. The number of amides is 1. The van der Waals surface area contributed by atoms with E-state index in [0.717, 1.165) is 19.4 Å². The molecule has 2 aliphatic heterocycles. The molecule has 1 N–H and O–H groups in total. The average Bonchev–Trinajstić information content (AvgIpc) is 3.13. The van der Waals surface area contributed by atoms with E-state index in [4.69, 9.17) is 9.47 Å². The highest BCUT2D eigenvalue weighted by molar-refractivity contribution is 7.91. The smallest absolute Gasteiger partial charge is 0.331 e. The first-order valence-corrected chi connectivity index (χ1v) is 10.2. The fraction of sp³-hybridized carbons (Fsp3) is 0.529. The number of hydrogen-bond donors (Lipinski definition) is 1. The first-order valence-electron chi connectivity index (χ1n) is 8.60. The maximum atomic E-state index is 12.2. The zero-order chi connectivity index (χ0) is 18.7. The summed E-state index contributed by atoms with van der Waals surface area (Å²) in [5.74, 6) is -0.653. The van der Waals surface area contributed by atoms with Crippen molar-refractivity contribution in [1.82, 2.24) is 5.32 Å². The Bertz CT molecular complexity index is 801. The van der Waals surface area contributed by atoms with Crippen LogP contribution in [0.1, 0.15) is 19.8 Å². The van der Waals surface area contributed by atoms with E-state index in [9.17, 15) is 18.0 Å². The molecule has 1 saturated heterocycles. The Morgan fingerprint density at radius 3 is 2.88 bits per heavy atom. The van der Waals surface area contributed by atoms with Gasteiger partial charge in [0.25, 0.3) is 0 Å². The summed E-state index contributed by atoms with van der Waals surface area (Å²) >= 11 is 0. The number of rotatable bonds is 6. The second-order valence-corrected chi connectivity index (χ2v) is 8.58. The van der Waals surface area contributed by atoms with E-state index in [2.05, 4.69) is 5.32 Å². The Balaban J connectivity index is 1.71. The number of anilines is 1. The zero-order valence-corrected chi connectivity index (χ0v) is 15.4. The van der Waals surface area contributed by atoms with Crippen molar-refractivity contribution in [1.29, 1.82) is 0 Å². The topological polar surface area (TPSA) is 102 Å². The van der Waals surface area contributed by atoms with Gasteiger partial charge < -0.3 is 19.7 Å². The van der Waals surface area contributed by atoms with Crippen LogP contribution in [0.15, 0.2) is 23.1 Å². The lowest BCUT2D eigenvalue weighted by atomic mass is 10.2. The fourth-order valence-corrected chi connectivity index (χ4v) is 3.89. The maximum Gasteiger partial charge on any atom is 0.331 e. The predicted octanol–water partition coefficient (Wildman–Crippen LogP) is 0.501. The fourth-order valence-electron chi connectivity index (χ4n) is 3.00. The van der Waals surface area contributed by atoms with Crippen LogP contribution in [0.3, 0.4) is 0 Å². The van der Waals surface area contributed by atoms with Gasteiger partial charge in [-0.1, -0.05) is 6.92 Å². The van der Waals surface area contributed by atoms with Crippen molar-refractivity contribution in [3.63, 3.8) is 0 Å². The summed E-state index contributed by atoms with van der Waals surface area (Å²) in [6.07, 6.45) is 1.96. The quantitative estimate of drug-likeness (QED) is 0.565. The van der Waals surface area contributed by atoms with Crippen molar-refractivity contribution in [2.75, 3.05) is 36.9 Å². The molecule has 0 spiro atoms. The van der Waals surface area contributed by atoms with Crippen LogP contribution in [0, 0.1) is 0 Å². The summed E-state index contributed by atoms with van der Waals surface area (Å²) in [4.78, 5) is 25.7. The largest absolute Gasteiger partial charge is 0.423 e. The summed E-state index contributed by atoms with van der Waals surface area (Å²) in [6, 6.07) is 4.37. The zero-order valence-electron chi connectivity index (χ0n) is 14.6. The van der Waals surface area contributed by atoms with E-state index in [-0.39, 0.29) is 41.5 Å². The average molecular weight is 382 g/mol. The molecule has 1 unspecified atom stereocenters. The second kappa shape index (κ2) is 7.63. The Morgan fingerprint density at radius 1 is 1.38 bits per heavy atom. The second-order valence-electron chi connectivity index (χ2n) is 6.30. The Kier molecular flexibility index (Phi) is 5.47. The summed E-state index contributed by atoms with van der Waals surface area (Å²) in [7, 11) is -3.41. The van der Waals surface area contributed by atoms with Crippen LogP contribution in [0.25, 0.3) is 0 Å². The highest BCUT2D eigenvalue weighted by Gasteiger charge is 2.27. The summed E-state index contributed by atoms with van der Waals surface area (Å²) in [6.45, 7) is 2.62. The van der Waals surface area contributed by atoms with E-state index in [1.54, 1.807) is 17.9 Å². The minimum absolute atomic E-state index is 0.0192. The summed E-state index contributed by atoms with van der Waals surface area (Å²) < 4.78 is 34.6. The van der Waals surface area contributed by atoms with Gasteiger partial charge in [-0.25, -0.2) is 13.2 Å². The molecule has 8 nitrogen and oxygen atoms in total. The van der Waals surface area contributed by atoms with Gasteiger partial charge in [-0.15, -0.1) is 0 Å². The molecule has 0 saturated carbocycles. The van der Waals surface area contributed by atoms with E-state index in [1.807, 2.05) is 0 Å². The van der Waals surface area contributed by atoms with E-state index in [1.165, 1.54) is 12.1 Å². The molecule has 2 heterocycles. The van der Waals surface area contributed by atoms with Gasteiger partial charge in [0.1, 0.15) is 6.54 Å². The highest BCUT2D eigenvalue weighted by atomic mass is 32.2. The molecular formula is C17H22N2O6S. The van der Waals surface area contributed by atoms with Crippen LogP contribution < -0.4 is 15.0 Å². The van der Waals surface area contributed by atoms with Crippen LogP contribution in [0.5, 0.6) is 5.75 Å². The van der Waals surface area contributed by atoms with Gasteiger partial charge in [0.2, 0.25) is 5.91 Å². The maximum absolute atomic E-state index is 12.2. The number of nitrogens with one attached hydrogen (secondary N) is 1. The Hall–Kier alpha value is -2.13. The molecule has 2 aliphatic rings. The number of esters is 1. The van der Waals surface area contributed by atoms with Crippen molar-refractivity contribution in [2.45, 2.75) is 30.8 Å². The third-order valence-electron chi connectivity index (χ3n) is 4.44. The van der Waals surface area contributed by atoms with Gasteiger partial charge >= 0.3 is 5.97 Å². The molecule has 0 radical (unpaired) electrons. The van der Waals surface area contributed by atoms with Crippen molar-refractivity contribution in [3.8, 4) is 5.75 Å². The SMILES string of the molecule is CCS(=O)(=O)c1ccc2c(c1)OC(=O)CN2CC(=O)NCC1CCCO1. The molecule has 3 rings (SSSR count). The van der Waals surface area contributed by atoms with Crippen LogP contribution >= 0.6 is 0 Å². The number of sulfone groups is 1. The molecule has 1 aromatic rings. The van der Waals surface area contributed by atoms with Gasteiger partial charge in [0, 0.05) is 19.2 Å². The van der Waals surface area contributed by atoms with E-state index < -0.39 is 15.8 Å². The minimum Gasteiger partial charge on any atom is -0.423 e. The standard InChI is InChI=1S/C17H22N2O6S/c1-2-26(22,23)13-5-6-14-15(8-13)25-17(21)11-19(14)10-16(20)18-9-12-4-3-7-24-12/h5-6,8,12H,2-4,7,9-11H2,1H3,(H,18,20). The van der Waals surface area contributed by atoms with Crippen LogP contribution in [0.2, 0.25) is 0 Å². The molecule has 0 aliphatic carbocycles. The van der Waals surface area contributed by atoms with Crippen LogP contribution in [0.4, 0.5) is 5.69 Å². The number of fused-ring (bicyclic) bond motifs is 1. The number of nitrogens with zero attached hydrogens (tertiary/aromatic N) is 1. The molecule has 0 bridgehead atoms. The normalized spacial score (nSPS) is 19.8. The van der Waals surface area contributed by atoms with Crippen molar-refractivity contribution < 1.29 is 27.5 Å². The monoisotopic (exact) mass is 382 g/mol. The first kappa shape index (κ1) is 18.7. The van der Waals surface area contributed by atoms with E-state index in [0.29, 0.717) is 12.2 Å².